The molecule has 0 saturated carbocycles. The average Bonchev–Trinajstić information content (AvgIpc) is 3.17. The SMILES string of the molecule is CSc1ccccc1N(CCCC(=O)Nc1ccc2c3c(cccc13)CC2)S(C)(=O)=O. The molecule has 0 fully saturated rings. The molecule has 7 heteroatoms. The molecule has 1 aliphatic rings. The molecule has 0 aliphatic heterocycles. The second-order valence-corrected chi connectivity index (χ2v) is 10.5. The van der Waals surface area contributed by atoms with Gasteiger partial charge in [0.15, 0.2) is 0 Å². The number of rotatable bonds is 8. The number of thioether (sulfide) groups is 1. The van der Waals surface area contributed by atoms with E-state index in [1.807, 2.05) is 42.7 Å². The predicted molar refractivity (Wildman–Crippen MR) is 130 cm³/mol. The average molecular weight is 455 g/mol. The number of para-hydroxylation sites is 1. The van der Waals surface area contributed by atoms with Gasteiger partial charge in [0.1, 0.15) is 0 Å². The Morgan fingerprint density at radius 3 is 2.52 bits per heavy atom. The molecule has 0 spiro atoms. The van der Waals surface area contributed by atoms with E-state index in [4.69, 9.17) is 0 Å². The second-order valence-electron chi connectivity index (χ2n) is 7.77. The minimum absolute atomic E-state index is 0.106. The third-order valence-corrected chi connectivity index (χ3v) is 7.64. The third-order valence-electron chi connectivity index (χ3n) is 5.67. The maximum Gasteiger partial charge on any atom is 0.232 e. The van der Waals surface area contributed by atoms with Crippen molar-refractivity contribution in [1.82, 2.24) is 0 Å². The Bertz CT molecular complexity index is 1230. The number of amides is 1. The zero-order chi connectivity index (χ0) is 22.0. The topological polar surface area (TPSA) is 66.5 Å². The fourth-order valence-corrected chi connectivity index (χ4v) is 5.89. The van der Waals surface area contributed by atoms with E-state index in [0.29, 0.717) is 12.1 Å². The zero-order valence-corrected chi connectivity index (χ0v) is 19.4. The summed E-state index contributed by atoms with van der Waals surface area (Å²) in [4.78, 5) is 13.5. The van der Waals surface area contributed by atoms with Crippen LogP contribution in [0.1, 0.15) is 24.0 Å². The quantitative estimate of drug-likeness (QED) is 0.495. The van der Waals surface area contributed by atoms with Gasteiger partial charge < -0.3 is 5.32 Å². The molecule has 0 unspecified atom stereocenters. The third kappa shape index (κ3) is 4.57. The first-order chi connectivity index (χ1) is 14.9. The first-order valence-electron chi connectivity index (χ1n) is 10.3. The van der Waals surface area contributed by atoms with Gasteiger partial charge in [-0.15, -0.1) is 11.8 Å². The van der Waals surface area contributed by atoms with Crippen molar-refractivity contribution in [3.63, 3.8) is 0 Å². The number of nitrogens with one attached hydrogen (secondary N) is 1. The Kier molecular flexibility index (Phi) is 6.25. The van der Waals surface area contributed by atoms with Crippen LogP contribution in [0.15, 0.2) is 59.5 Å². The fraction of sp³-hybridized carbons (Fsp3) is 0.292. The van der Waals surface area contributed by atoms with E-state index >= 15 is 0 Å². The Morgan fingerprint density at radius 2 is 1.77 bits per heavy atom. The molecule has 0 atom stereocenters. The Labute approximate surface area is 187 Å². The molecule has 0 heterocycles. The molecule has 162 valence electrons. The highest BCUT2D eigenvalue weighted by Crippen LogP contribution is 2.35. The molecule has 3 aromatic carbocycles. The van der Waals surface area contributed by atoms with Crippen molar-refractivity contribution >= 4 is 49.8 Å². The molecule has 5 nitrogen and oxygen atoms in total. The van der Waals surface area contributed by atoms with Crippen LogP contribution in [0, 0.1) is 0 Å². The van der Waals surface area contributed by atoms with Crippen molar-refractivity contribution in [1.29, 1.82) is 0 Å². The van der Waals surface area contributed by atoms with Crippen LogP contribution in [-0.2, 0) is 27.7 Å². The van der Waals surface area contributed by atoms with Gasteiger partial charge in [-0.05, 0) is 60.2 Å². The van der Waals surface area contributed by atoms with Gasteiger partial charge in [0, 0.05) is 28.9 Å². The normalized spacial score (nSPS) is 12.8. The molecule has 4 rings (SSSR count). The summed E-state index contributed by atoms with van der Waals surface area (Å²) in [5.74, 6) is -0.106. The summed E-state index contributed by atoms with van der Waals surface area (Å²) < 4.78 is 26.2. The second kappa shape index (κ2) is 8.93. The largest absolute Gasteiger partial charge is 0.326 e. The van der Waals surface area contributed by atoms with Crippen LogP contribution in [0.3, 0.4) is 0 Å². The first-order valence-corrected chi connectivity index (χ1v) is 13.4. The van der Waals surface area contributed by atoms with E-state index in [2.05, 4.69) is 17.4 Å². The van der Waals surface area contributed by atoms with Crippen molar-refractivity contribution in [3.05, 3.63) is 65.7 Å². The molecule has 1 aliphatic carbocycles. The molecule has 3 aromatic rings. The molecule has 0 aromatic heterocycles. The van der Waals surface area contributed by atoms with Gasteiger partial charge in [-0.1, -0.05) is 36.4 Å². The number of benzene rings is 3. The molecule has 1 N–H and O–H groups in total. The molecule has 0 radical (unpaired) electrons. The van der Waals surface area contributed by atoms with Gasteiger partial charge in [-0.2, -0.15) is 0 Å². The summed E-state index contributed by atoms with van der Waals surface area (Å²) in [6.07, 6.45) is 5.90. The lowest BCUT2D eigenvalue weighted by molar-refractivity contribution is -0.116. The number of hydrogen-bond acceptors (Lipinski definition) is 4. The first kappa shape index (κ1) is 21.7. The fourth-order valence-electron chi connectivity index (χ4n) is 4.25. The van der Waals surface area contributed by atoms with Crippen LogP contribution in [0.2, 0.25) is 0 Å². The number of carbonyl (C=O) groups is 1. The summed E-state index contributed by atoms with van der Waals surface area (Å²) in [6, 6.07) is 17.7. The maximum absolute atomic E-state index is 12.6. The zero-order valence-electron chi connectivity index (χ0n) is 17.7. The Hall–Kier alpha value is -2.51. The van der Waals surface area contributed by atoms with Crippen molar-refractivity contribution in [2.75, 3.05) is 28.7 Å². The summed E-state index contributed by atoms with van der Waals surface area (Å²) in [5, 5.41) is 5.37. The van der Waals surface area contributed by atoms with Crippen molar-refractivity contribution in [2.24, 2.45) is 0 Å². The minimum atomic E-state index is -3.45. The van der Waals surface area contributed by atoms with Crippen LogP contribution in [0.4, 0.5) is 11.4 Å². The number of nitrogens with zero attached hydrogens (tertiary/aromatic N) is 1. The highest BCUT2D eigenvalue weighted by atomic mass is 32.2. The van der Waals surface area contributed by atoms with Gasteiger partial charge in [0.2, 0.25) is 15.9 Å². The Balaban J connectivity index is 1.45. The molecule has 0 bridgehead atoms. The maximum atomic E-state index is 12.6. The number of aryl methyl sites for hydroxylation is 2. The molecule has 1 amide bonds. The Morgan fingerprint density at radius 1 is 1.03 bits per heavy atom. The number of sulfonamides is 1. The van der Waals surface area contributed by atoms with E-state index in [0.717, 1.165) is 28.8 Å². The lowest BCUT2D eigenvalue weighted by atomic mass is 10.0. The smallest absolute Gasteiger partial charge is 0.232 e. The van der Waals surface area contributed by atoms with E-state index < -0.39 is 10.0 Å². The van der Waals surface area contributed by atoms with Crippen LogP contribution in [0.25, 0.3) is 10.8 Å². The summed E-state index contributed by atoms with van der Waals surface area (Å²) in [5.41, 5.74) is 4.14. The van der Waals surface area contributed by atoms with Gasteiger partial charge in [-0.25, -0.2) is 8.42 Å². The van der Waals surface area contributed by atoms with Gasteiger partial charge >= 0.3 is 0 Å². The summed E-state index contributed by atoms with van der Waals surface area (Å²) in [6.45, 7) is 0.258. The van der Waals surface area contributed by atoms with E-state index in [9.17, 15) is 13.2 Å². The summed E-state index contributed by atoms with van der Waals surface area (Å²) >= 11 is 1.50. The lowest BCUT2D eigenvalue weighted by Crippen LogP contribution is -2.31. The van der Waals surface area contributed by atoms with Gasteiger partial charge in [0.05, 0.1) is 11.9 Å². The van der Waals surface area contributed by atoms with Crippen molar-refractivity contribution in [2.45, 2.75) is 30.6 Å². The van der Waals surface area contributed by atoms with E-state index in [1.165, 1.54) is 38.8 Å². The van der Waals surface area contributed by atoms with Gasteiger partial charge in [0.25, 0.3) is 0 Å². The lowest BCUT2D eigenvalue weighted by Gasteiger charge is -2.24. The van der Waals surface area contributed by atoms with E-state index in [1.54, 1.807) is 6.07 Å². The highest BCUT2D eigenvalue weighted by Gasteiger charge is 2.21. The van der Waals surface area contributed by atoms with Gasteiger partial charge in [-0.3, -0.25) is 9.10 Å². The van der Waals surface area contributed by atoms with Crippen molar-refractivity contribution < 1.29 is 13.2 Å². The molecular formula is C24H26N2O3S2. The minimum Gasteiger partial charge on any atom is -0.326 e. The highest BCUT2D eigenvalue weighted by molar-refractivity contribution is 7.99. The monoisotopic (exact) mass is 454 g/mol. The summed E-state index contributed by atoms with van der Waals surface area (Å²) in [7, 11) is -3.45. The van der Waals surface area contributed by atoms with Crippen molar-refractivity contribution in [3.8, 4) is 0 Å². The molecular weight excluding hydrogens is 428 g/mol. The standard InChI is InChI=1S/C24H26N2O3S2/c1-30-22-10-4-3-9-21(22)26(31(2,28)29)16-6-11-23(27)25-20-15-14-18-13-12-17-7-5-8-19(20)24(17)18/h3-5,7-10,14-15H,6,11-13,16H2,1-2H3,(H,25,27). The molecule has 0 saturated heterocycles. The van der Waals surface area contributed by atoms with E-state index in [-0.39, 0.29) is 18.9 Å². The van der Waals surface area contributed by atoms with Crippen LogP contribution < -0.4 is 9.62 Å². The predicted octanol–water partition coefficient (Wildman–Crippen LogP) is 4.85. The number of anilines is 2. The molecule has 31 heavy (non-hydrogen) atoms. The van der Waals surface area contributed by atoms with Crippen LogP contribution in [0.5, 0.6) is 0 Å². The van der Waals surface area contributed by atoms with Crippen LogP contribution in [-0.4, -0.2) is 33.4 Å². The van der Waals surface area contributed by atoms with Crippen LogP contribution >= 0.6 is 11.8 Å². The number of hydrogen-bond donors (Lipinski definition) is 1. The number of carbonyl (C=O) groups excluding carboxylic acids is 1.